The van der Waals surface area contributed by atoms with Crippen LogP contribution in [0.25, 0.3) is 0 Å². The summed E-state index contributed by atoms with van der Waals surface area (Å²) in [6.07, 6.45) is 3.94. The van der Waals surface area contributed by atoms with Gasteiger partial charge in [0.2, 0.25) is 5.91 Å². The fourth-order valence-electron chi connectivity index (χ4n) is 3.07. The van der Waals surface area contributed by atoms with Gasteiger partial charge in [-0.05, 0) is 25.7 Å². The molecule has 0 bridgehead atoms. The second kappa shape index (κ2) is 5.76. The lowest BCUT2D eigenvalue weighted by Gasteiger charge is -2.51. The number of nitrogens with one attached hydrogen (secondary N) is 1. The van der Waals surface area contributed by atoms with E-state index in [1.807, 2.05) is 0 Å². The Morgan fingerprint density at radius 2 is 2.00 bits per heavy atom. The Kier molecular flexibility index (Phi) is 5.04. The highest BCUT2D eigenvalue weighted by atomic mass is 35.5. The second-order valence-corrected chi connectivity index (χ2v) is 6.11. The van der Waals surface area contributed by atoms with E-state index in [2.05, 4.69) is 19.2 Å². The largest absolute Gasteiger partial charge is 0.381 e. The number of amides is 1. The molecule has 4 atom stereocenters. The minimum atomic E-state index is 0. The third-order valence-electron chi connectivity index (χ3n) is 4.62. The molecule has 2 aliphatic rings. The fraction of sp³-hybridized carbons (Fsp3) is 0.923. The van der Waals surface area contributed by atoms with Crippen LogP contribution in [-0.2, 0) is 9.53 Å². The Hall–Kier alpha value is -0.320. The molecule has 0 aromatic heterocycles. The van der Waals surface area contributed by atoms with Crippen LogP contribution in [0.1, 0.15) is 39.5 Å². The monoisotopic (exact) mass is 276 g/mol. The number of methoxy groups -OCH3 is 1. The normalized spacial score (nSPS) is 37.6. The molecule has 0 aromatic rings. The van der Waals surface area contributed by atoms with E-state index in [0.29, 0.717) is 0 Å². The lowest BCUT2D eigenvalue weighted by atomic mass is 9.64. The third-order valence-corrected chi connectivity index (χ3v) is 4.62. The van der Waals surface area contributed by atoms with Gasteiger partial charge in [-0.2, -0.15) is 0 Å². The highest BCUT2D eigenvalue weighted by Gasteiger charge is 2.49. The topological polar surface area (TPSA) is 64.3 Å². The van der Waals surface area contributed by atoms with Crippen molar-refractivity contribution in [3.05, 3.63) is 0 Å². The third kappa shape index (κ3) is 2.81. The summed E-state index contributed by atoms with van der Waals surface area (Å²) < 4.78 is 5.38. The van der Waals surface area contributed by atoms with Gasteiger partial charge in [-0.1, -0.05) is 13.8 Å². The number of carbonyl (C=O) groups excluding carboxylic acids is 1. The van der Waals surface area contributed by atoms with Crippen molar-refractivity contribution < 1.29 is 9.53 Å². The minimum absolute atomic E-state index is 0. The molecule has 0 aliphatic heterocycles. The molecule has 5 heteroatoms. The summed E-state index contributed by atoms with van der Waals surface area (Å²) in [6, 6.07) is 0.462. The molecular weight excluding hydrogens is 252 g/mol. The summed E-state index contributed by atoms with van der Waals surface area (Å²) in [6.45, 7) is 4.30. The first-order chi connectivity index (χ1) is 7.95. The number of hydrogen-bond donors (Lipinski definition) is 2. The van der Waals surface area contributed by atoms with Crippen molar-refractivity contribution in [2.75, 3.05) is 7.11 Å². The Morgan fingerprint density at radius 1 is 1.33 bits per heavy atom. The van der Waals surface area contributed by atoms with Gasteiger partial charge < -0.3 is 15.8 Å². The molecule has 0 saturated heterocycles. The average molecular weight is 277 g/mol. The molecule has 2 fully saturated rings. The minimum Gasteiger partial charge on any atom is -0.381 e. The molecule has 106 valence electrons. The first kappa shape index (κ1) is 15.7. The Balaban J connectivity index is 0.00000162. The van der Waals surface area contributed by atoms with Crippen LogP contribution in [-0.4, -0.2) is 31.2 Å². The second-order valence-electron chi connectivity index (χ2n) is 6.11. The maximum absolute atomic E-state index is 12.1. The lowest BCUT2D eigenvalue weighted by Crippen LogP contribution is -2.62. The van der Waals surface area contributed by atoms with Crippen molar-refractivity contribution >= 4 is 18.3 Å². The van der Waals surface area contributed by atoms with Crippen LogP contribution in [0.15, 0.2) is 0 Å². The molecule has 0 heterocycles. The standard InChI is InChI=1S/C13H24N2O2.ClH/c1-13(2)10(7-11(13)17-3)15-12(16)8-4-5-9(14)6-8;/h8-11H,4-7,14H2,1-3H3,(H,15,16);1H. The van der Waals surface area contributed by atoms with Crippen molar-refractivity contribution in [1.29, 1.82) is 0 Å². The van der Waals surface area contributed by atoms with E-state index in [9.17, 15) is 4.79 Å². The first-order valence-corrected chi connectivity index (χ1v) is 6.54. The van der Waals surface area contributed by atoms with Crippen LogP contribution in [0.5, 0.6) is 0 Å². The molecule has 3 N–H and O–H groups in total. The van der Waals surface area contributed by atoms with Gasteiger partial charge in [0, 0.05) is 30.5 Å². The van der Waals surface area contributed by atoms with Crippen LogP contribution < -0.4 is 11.1 Å². The Bertz CT molecular complexity index is 309. The summed E-state index contributed by atoms with van der Waals surface area (Å²) in [7, 11) is 1.74. The zero-order valence-electron chi connectivity index (χ0n) is 11.4. The number of hydrogen-bond acceptors (Lipinski definition) is 3. The van der Waals surface area contributed by atoms with Gasteiger partial charge in [-0.15, -0.1) is 12.4 Å². The van der Waals surface area contributed by atoms with Crippen LogP contribution in [0.4, 0.5) is 0 Å². The number of nitrogens with two attached hydrogens (primary N) is 1. The van der Waals surface area contributed by atoms with Gasteiger partial charge in [-0.3, -0.25) is 4.79 Å². The predicted octanol–water partition coefficient (Wildman–Crippen LogP) is 1.47. The van der Waals surface area contributed by atoms with E-state index in [0.717, 1.165) is 25.7 Å². The molecule has 18 heavy (non-hydrogen) atoms. The van der Waals surface area contributed by atoms with Crippen LogP contribution >= 0.6 is 12.4 Å². The molecule has 0 radical (unpaired) electrons. The van der Waals surface area contributed by atoms with Crippen LogP contribution in [0, 0.1) is 11.3 Å². The number of ether oxygens (including phenoxy) is 1. The van der Waals surface area contributed by atoms with E-state index >= 15 is 0 Å². The van der Waals surface area contributed by atoms with Crippen molar-refractivity contribution in [2.45, 2.75) is 57.7 Å². The average Bonchev–Trinajstić information content (AvgIpc) is 2.70. The summed E-state index contributed by atoms with van der Waals surface area (Å²) in [5.41, 5.74) is 5.88. The zero-order chi connectivity index (χ0) is 12.6. The number of halogens is 1. The molecule has 2 aliphatic carbocycles. The summed E-state index contributed by atoms with van der Waals surface area (Å²) >= 11 is 0. The lowest BCUT2D eigenvalue weighted by molar-refractivity contribution is -0.136. The van der Waals surface area contributed by atoms with Gasteiger partial charge >= 0.3 is 0 Å². The van der Waals surface area contributed by atoms with E-state index in [1.165, 1.54) is 0 Å². The predicted molar refractivity (Wildman–Crippen MR) is 73.7 cm³/mol. The van der Waals surface area contributed by atoms with Crippen molar-refractivity contribution in [1.82, 2.24) is 5.32 Å². The summed E-state index contributed by atoms with van der Waals surface area (Å²) in [5, 5.41) is 3.16. The highest BCUT2D eigenvalue weighted by molar-refractivity contribution is 5.85. The highest BCUT2D eigenvalue weighted by Crippen LogP contribution is 2.42. The zero-order valence-corrected chi connectivity index (χ0v) is 12.3. The van der Waals surface area contributed by atoms with E-state index in [4.69, 9.17) is 10.5 Å². The van der Waals surface area contributed by atoms with Gasteiger partial charge in [0.25, 0.3) is 0 Å². The van der Waals surface area contributed by atoms with E-state index in [-0.39, 0.29) is 47.8 Å². The van der Waals surface area contributed by atoms with Gasteiger partial charge in [0.1, 0.15) is 0 Å². The molecule has 1 amide bonds. The molecule has 2 rings (SSSR count). The van der Waals surface area contributed by atoms with E-state index < -0.39 is 0 Å². The number of rotatable bonds is 3. The molecule has 2 saturated carbocycles. The number of carbonyl (C=O) groups is 1. The Labute approximate surface area is 115 Å². The van der Waals surface area contributed by atoms with Crippen molar-refractivity contribution in [3.63, 3.8) is 0 Å². The maximum atomic E-state index is 12.1. The van der Waals surface area contributed by atoms with Crippen LogP contribution in [0.2, 0.25) is 0 Å². The molecule has 0 spiro atoms. The van der Waals surface area contributed by atoms with Gasteiger partial charge in [0.05, 0.1) is 6.10 Å². The molecule has 0 aromatic carbocycles. The summed E-state index contributed by atoms with van der Waals surface area (Å²) in [4.78, 5) is 12.1. The quantitative estimate of drug-likeness (QED) is 0.820. The van der Waals surface area contributed by atoms with Gasteiger partial charge in [-0.25, -0.2) is 0 Å². The maximum Gasteiger partial charge on any atom is 0.223 e. The molecule has 4 nitrogen and oxygen atoms in total. The smallest absolute Gasteiger partial charge is 0.223 e. The first-order valence-electron chi connectivity index (χ1n) is 6.54. The van der Waals surface area contributed by atoms with Crippen molar-refractivity contribution in [2.24, 2.45) is 17.1 Å². The van der Waals surface area contributed by atoms with E-state index in [1.54, 1.807) is 7.11 Å². The van der Waals surface area contributed by atoms with Crippen molar-refractivity contribution in [3.8, 4) is 0 Å². The fourth-order valence-corrected chi connectivity index (χ4v) is 3.07. The molecule has 4 unspecified atom stereocenters. The van der Waals surface area contributed by atoms with Crippen LogP contribution in [0.3, 0.4) is 0 Å². The van der Waals surface area contributed by atoms with Gasteiger partial charge in [0.15, 0.2) is 0 Å². The summed E-state index contributed by atoms with van der Waals surface area (Å²) in [5.74, 6) is 0.313. The SMILES string of the molecule is COC1CC(NC(=O)C2CCC(N)C2)C1(C)C.Cl. The molecular formula is C13H25ClN2O2. The Morgan fingerprint density at radius 3 is 2.44 bits per heavy atom.